The number of piperidine rings is 1. The van der Waals surface area contributed by atoms with E-state index in [-0.39, 0.29) is 11.9 Å². The maximum atomic E-state index is 13.1. The molecular formula is C19H22N4O2. The number of fused-ring (bicyclic) bond motifs is 1. The minimum Gasteiger partial charge on any atom is -0.463 e. The number of pyridine rings is 1. The first kappa shape index (κ1) is 15.9. The Morgan fingerprint density at radius 3 is 2.72 bits per heavy atom. The highest BCUT2D eigenvalue weighted by molar-refractivity contribution is 6.06. The highest BCUT2D eigenvalue weighted by atomic mass is 16.3. The highest BCUT2D eigenvalue weighted by Crippen LogP contribution is 2.28. The van der Waals surface area contributed by atoms with Crippen molar-refractivity contribution in [1.29, 1.82) is 0 Å². The van der Waals surface area contributed by atoms with E-state index in [9.17, 15) is 4.79 Å². The smallest absolute Gasteiger partial charge is 0.254 e. The molecule has 0 aromatic carbocycles. The van der Waals surface area contributed by atoms with Crippen molar-refractivity contribution >= 4 is 16.9 Å². The van der Waals surface area contributed by atoms with E-state index in [0.29, 0.717) is 17.0 Å². The lowest BCUT2D eigenvalue weighted by Gasteiger charge is -2.27. The van der Waals surface area contributed by atoms with Crippen LogP contribution in [0.3, 0.4) is 0 Å². The average Bonchev–Trinajstić information content (AvgIpc) is 3.30. The summed E-state index contributed by atoms with van der Waals surface area (Å²) in [5.41, 5.74) is 2.05. The number of rotatable bonds is 3. The molecule has 3 aromatic rings. The molecule has 1 fully saturated rings. The zero-order chi connectivity index (χ0) is 17.4. The molecule has 0 unspecified atom stereocenters. The van der Waals surface area contributed by atoms with Gasteiger partial charge in [-0.15, -0.1) is 0 Å². The summed E-state index contributed by atoms with van der Waals surface area (Å²) in [6.45, 7) is 5.74. The summed E-state index contributed by atoms with van der Waals surface area (Å²) in [6.07, 6.45) is 6.70. The largest absolute Gasteiger partial charge is 0.463 e. The van der Waals surface area contributed by atoms with Gasteiger partial charge in [0.1, 0.15) is 5.69 Å². The third-order valence-corrected chi connectivity index (χ3v) is 4.70. The van der Waals surface area contributed by atoms with Crippen LogP contribution in [0.15, 0.2) is 35.1 Å². The molecule has 3 aromatic heterocycles. The molecule has 6 nitrogen and oxygen atoms in total. The minimum absolute atomic E-state index is 0.0585. The number of hydrogen-bond acceptors (Lipinski definition) is 4. The van der Waals surface area contributed by atoms with Crippen LogP contribution in [0.25, 0.3) is 22.5 Å². The average molecular weight is 338 g/mol. The van der Waals surface area contributed by atoms with Crippen molar-refractivity contribution in [1.82, 2.24) is 19.7 Å². The number of carbonyl (C=O) groups excluding carboxylic acids is 1. The van der Waals surface area contributed by atoms with E-state index in [0.717, 1.165) is 37.0 Å². The summed E-state index contributed by atoms with van der Waals surface area (Å²) in [4.78, 5) is 19.8. The molecule has 0 atom stereocenters. The summed E-state index contributed by atoms with van der Waals surface area (Å²) in [5.74, 6) is 0.717. The van der Waals surface area contributed by atoms with Crippen LogP contribution >= 0.6 is 0 Å². The molecule has 4 heterocycles. The Hall–Kier alpha value is -2.63. The standard InChI is InChI=1S/C19H22N4O2/c1-13(2)23-18-15(12-20-23)14(19(24)22-8-4-3-5-9-22)11-16(21-18)17-7-6-10-25-17/h6-7,10-13H,3-5,8-9H2,1-2H3. The van der Waals surface area contributed by atoms with Crippen LogP contribution in [0, 0.1) is 0 Å². The lowest BCUT2D eigenvalue weighted by molar-refractivity contribution is 0.0726. The fourth-order valence-electron chi connectivity index (χ4n) is 3.39. The molecule has 0 N–H and O–H groups in total. The molecular weight excluding hydrogens is 316 g/mol. The Bertz CT molecular complexity index is 890. The van der Waals surface area contributed by atoms with Gasteiger partial charge in [-0.1, -0.05) is 0 Å². The fourth-order valence-corrected chi connectivity index (χ4v) is 3.39. The van der Waals surface area contributed by atoms with Gasteiger partial charge in [0.05, 0.1) is 23.4 Å². The van der Waals surface area contributed by atoms with Crippen LogP contribution in [0.5, 0.6) is 0 Å². The molecule has 0 saturated carbocycles. The predicted octanol–water partition coefficient (Wildman–Crippen LogP) is 3.90. The summed E-state index contributed by atoms with van der Waals surface area (Å²) >= 11 is 0. The normalized spacial score (nSPS) is 15.2. The van der Waals surface area contributed by atoms with Gasteiger partial charge in [0.15, 0.2) is 11.4 Å². The monoisotopic (exact) mass is 338 g/mol. The van der Waals surface area contributed by atoms with E-state index in [1.165, 1.54) is 6.42 Å². The van der Waals surface area contributed by atoms with Crippen molar-refractivity contribution in [3.05, 3.63) is 36.2 Å². The third kappa shape index (κ3) is 2.81. The summed E-state index contributed by atoms with van der Waals surface area (Å²) in [6, 6.07) is 5.69. The van der Waals surface area contributed by atoms with Gasteiger partial charge in [-0.2, -0.15) is 5.10 Å². The van der Waals surface area contributed by atoms with Crippen molar-refractivity contribution in [2.75, 3.05) is 13.1 Å². The molecule has 1 saturated heterocycles. The van der Waals surface area contributed by atoms with Gasteiger partial charge in [-0.3, -0.25) is 4.79 Å². The maximum Gasteiger partial charge on any atom is 0.254 e. The Kier molecular flexibility index (Phi) is 4.03. The Morgan fingerprint density at radius 2 is 2.04 bits per heavy atom. The van der Waals surface area contributed by atoms with E-state index < -0.39 is 0 Å². The SMILES string of the molecule is CC(C)n1ncc2c(C(=O)N3CCCCC3)cc(-c3ccco3)nc21. The van der Waals surface area contributed by atoms with Gasteiger partial charge >= 0.3 is 0 Å². The summed E-state index contributed by atoms with van der Waals surface area (Å²) < 4.78 is 7.36. The zero-order valence-electron chi connectivity index (χ0n) is 14.6. The quantitative estimate of drug-likeness (QED) is 0.726. The first-order valence-corrected chi connectivity index (χ1v) is 8.86. The predicted molar refractivity (Wildman–Crippen MR) is 95.4 cm³/mol. The molecule has 0 spiro atoms. The van der Waals surface area contributed by atoms with Gasteiger partial charge in [0, 0.05) is 19.1 Å². The molecule has 1 aliphatic heterocycles. The Labute approximate surface area is 146 Å². The maximum absolute atomic E-state index is 13.1. The molecule has 4 rings (SSSR count). The van der Waals surface area contributed by atoms with Gasteiger partial charge in [0.25, 0.3) is 5.91 Å². The summed E-state index contributed by atoms with van der Waals surface area (Å²) in [5, 5.41) is 5.26. The van der Waals surface area contributed by atoms with Crippen LogP contribution in [-0.2, 0) is 0 Å². The minimum atomic E-state index is 0.0585. The Morgan fingerprint density at radius 1 is 1.24 bits per heavy atom. The van der Waals surface area contributed by atoms with Crippen LogP contribution in [0.2, 0.25) is 0 Å². The van der Waals surface area contributed by atoms with Crippen LogP contribution in [0.1, 0.15) is 49.5 Å². The van der Waals surface area contributed by atoms with Crippen LogP contribution < -0.4 is 0 Å². The van der Waals surface area contributed by atoms with Crippen molar-refractivity contribution in [2.24, 2.45) is 0 Å². The van der Waals surface area contributed by atoms with Gasteiger partial charge < -0.3 is 9.32 Å². The third-order valence-electron chi connectivity index (χ3n) is 4.70. The topological polar surface area (TPSA) is 64.2 Å². The highest BCUT2D eigenvalue weighted by Gasteiger charge is 2.24. The first-order valence-electron chi connectivity index (χ1n) is 8.86. The lowest BCUT2D eigenvalue weighted by atomic mass is 10.1. The van der Waals surface area contributed by atoms with Gasteiger partial charge in [-0.05, 0) is 51.3 Å². The molecule has 1 amide bonds. The van der Waals surface area contributed by atoms with E-state index in [1.807, 2.05) is 27.8 Å². The van der Waals surface area contributed by atoms with Crippen LogP contribution in [-0.4, -0.2) is 38.7 Å². The van der Waals surface area contributed by atoms with Crippen molar-refractivity contribution < 1.29 is 9.21 Å². The number of aromatic nitrogens is 3. The number of hydrogen-bond donors (Lipinski definition) is 0. The second-order valence-electron chi connectivity index (χ2n) is 6.81. The van der Waals surface area contributed by atoms with Gasteiger partial charge in [0.2, 0.25) is 0 Å². The van der Waals surface area contributed by atoms with Crippen molar-refractivity contribution in [3.63, 3.8) is 0 Å². The number of nitrogens with zero attached hydrogens (tertiary/aromatic N) is 4. The van der Waals surface area contributed by atoms with E-state index in [1.54, 1.807) is 12.5 Å². The zero-order valence-corrected chi connectivity index (χ0v) is 14.6. The molecule has 130 valence electrons. The summed E-state index contributed by atoms with van der Waals surface area (Å²) in [7, 11) is 0. The number of amides is 1. The molecule has 1 aliphatic rings. The van der Waals surface area contributed by atoms with E-state index >= 15 is 0 Å². The number of furan rings is 1. The molecule has 25 heavy (non-hydrogen) atoms. The Balaban J connectivity index is 1.88. The number of carbonyl (C=O) groups is 1. The van der Waals surface area contributed by atoms with Crippen LogP contribution in [0.4, 0.5) is 0 Å². The van der Waals surface area contributed by atoms with Crippen molar-refractivity contribution in [2.45, 2.75) is 39.2 Å². The lowest BCUT2D eigenvalue weighted by Crippen LogP contribution is -2.35. The number of likely N-dealkylation sites (tertiary alicyclic amines) is 1. The molecule has 6 heteroatoms. The molecule has 0 aliphatic carbocycles. The first-order chi connectivity index (χ1) is 12.1. The van der Waals surface area contributed by atoms with E-state index in [4.69, 9.17) is 9.40 Å². The fraction of sp³-hybridized carbons (Fsp3) is 0.421. The van der Waals surface area contributed by atoms with Crippen molar-refractivity contribution in [3.8, 4) is 11.5 Å². The molecule has 0 radical (unpaired) electrons. The second kappa shape index (κ2) is 6.35. The van der Waals surface area contributed by atoms with Gasteiger partial charge in [-0.25, -0.2) is 9.67 Å². The van der Waals surface area contributed by atoms with E-state index in [2.05, 4.69) is 18.9 Å². The second-order valence-corrected chi connectivity index (χ2v) is 6.81. The molecule has 0 bridgehead atoms.